The minimum absolute atomic E-state index is 0.237. The Labute approximate surface area is 173 Å². The van der Waals surface area contributed by atoms with E-state index in [9.17, 15) is 14.7 Å². The summed E-state index contributed by atoms with van der Waals surface area (Å²) in [6.45, 7) is 3.78. The van der Waals surface area contributed by atoms with Crippen molar-refractivity contribution in [3.05, 3.63) is 93.4 Å². The number of aliphatic hydroxyl groups excluding tert-OH is 1. The van der Waals surface area contributed by atoms with Gasteiger partial charge in [-0.1, -0.05) is 42.5 Å². The van der Waals surface area contributed by atoms with Crippen molar-refractivity contribution >= 4 is 11.4 Å². The number of aromatic nitrogens is 3. The summed E-state index contributed by atoms with van der Waals surface area (Å²) in [4.78, 5) is 28.1. The zero-order chi connectivity index (χ0) is 21.3. The zero-order valence-electron chi connectivity index (χ0n) is 16.7. The number of nitrogens with one attached hydrogen (secondary N) is 2. The lowest BCUT2D eigenvalue weighted by atomic mass is 10.1. The van der Waals surface area contributed by atoms with Gasteiger partial charge in [0.25, 0.3) is 11.5 Å². The third-order valence-electron chi connectivity index (χ3n) is 5.21. The fourth-order valence-corrected chi connectivity index (χ4v) is 3.31. The second kappa shape index (κ2) is 7.96. The summed E-state index contributed by atoms with van der Waals surface area (Å²) in [5, 5.41) is 16.9. The van der Waals surface area contributed by atoms with Crippen LogP contribution < -0.4 is 10.9 Å². The molecule has 30 heavy (non-hydrogen) atoms. The van der Waals surface area contributed by atoms with Gasteiger partial charge in [0.15, 0.2) is 5.82 Å². The molecule has 7 nitrogen and oxygen atoms in total. The molecule has 0 aliphatic heterocycles. The van der Waals surface area contributed by atoms with E-state index in [2.05, 4.69) is 15.4 Å². The second-order valence-corrected chi connectivity index (χ2v) is 7.28. The molecule has 4 rings (SSSR count). The highest BCUT2D eigenvalue weighted by atomic mass is 16.3. The van der Waals surface area contributed by atoms with Crippen LogP contribution in [0.4, 0.5) is 0 Å². The summed E-state index contributed by atoms with van der Waals surface area (Å²) >= 11 is 0. The number of hydrogen-bond acceptors (Lipinski definition) is 4. The van der Waals surface area contributed by atoms with Gasteiger partial charge in [0, 0.05) is 11.8 Å². The predicted molar refractivity (Wildman–Crippen MR) is 114 cm³/mol. The Morgan fingerprint density at radius 3 is 2.60 bits per heavy atom. The summed E-state index contributed by atoms with van der Waals surface area (Å²) in [5.41, 5.74) is 4.07. The molecule has 0 radical (unpaired) electrons. The standard InChI is InChI=1S/C23H22N4O3/c1-14-8-9-17(10-15(14)2)21-25-23(30)20-11-18(12-27(20)26-21)22(29)24-19(13-28)16-6-4-3-5-7-16/h3-12,19,28H,13H2,1-2H3,(H,24,29)(H,25,26,30)/t19-/m1/s1. The monoisotopic (exact) mass is 402 g/mol. The van der Waals surface area contributed by atoms with Gasteiger partial charge in [-0.2, -0.15) is 0 Å². The van der Waals surface area contributed by atoms with Crippen LogP contribution in [0.15, 0.2) is 65.6 Å². The lowest BCUT2D eigenvalue weighted by Crippen LogP contribution is -2.30. The molecule has 4 aromatic rings. The normalized spacial score (nSPS) is 12.1. The van der Waals surface area contributed by atoms with E-state index >= 15 is 0 Å². The van der Waals surface area contributed by atoms with Crippen molar-refractivity contribution in [2.75, 3.05) is 6.61 Å². The van der Waals surface area contributed by atoms with Crippen LogP contribution in [0.3, 0.4) is 0 Å². The first-order valence-electron chi connectivity index (χ1n) is 9.63. The first kappa shape index (κ1) is 19.6. The summed E-state index contributed by atoms with van der Waals surface area (Å²) in [6.07, 6.45) is 1.52. The summed E-state index contributed by atoms with van der Waals surface area (Å²) in [7, 11) is 0. The van der Waals surface area contributed by atoms with Gasteiger partial charge in [0.2, 0.25) is 0 Å². The highest BCUT2D eigenvalue weighted by Crippen LogP contribution is 2.19. The third kappa shape index (κ3) is 3.75. The van der Waals surface area contributed by atoms with Crippen LogP contribution in [0.1, 0.15) is 33.1 Å². The highest BCUT2D eigenvalue weighted by molar-refractivity contribution is 5.95. The summed E-state index contributed by atoms with van der Waals surface area (Å²) < 4.78 is 1.41. The number of rotatable bonds is 5. The Bertz CT molecular complexity index is 1270. The maximum atomic E-state index is 12.7. The fraction of sp³-hybridized carbons (Fsp3) is 0.174. The van der Waals surface area contributed by atoms with Crippen molar-refractivity contribution in [1.29, 1.82) is 0 Å². The van der Waals surface area contributed by atoms with Crippen LogP contribution in [0.25, 0.3) is 16.9 Å². The van der Waals surface area contributed by atoms with Crippen molar-refractivity contribution in [3.8, 4) is 11.4 Å². The lowest BCUT2D eigenvalue weighted by Gasteiger charge is -2.16. The molecule has 2 aromatic carbocycles. The Morgan fingerprint density at radius 2 is 1.90 bits per heavy atom. The van der Waals surface area contributed by atoms with Crippen LogP contribution in [0.2, 0.25) is 0 Å². The third-order valence-corrected chi connectivity index (χ3v) is 5.21. The molecule has 0 aliphatic carbocycles. The SMILES string of the molecule is Cc1ccc(-c2nn3cc(C(=O)N[C@H](CO)c4ccccc4)cc3c(=O)[nH]2)cc1C. The number of H-pyrrole nitrogens is 1. The molecule has 2 heterocycles. The van der Waals surface area contributed by atoms with Crippen LogP contribution in [-0.2, 0) is 0 Å². The van der Waals surface area contributed by atoms with Gasteiger partial charge in [0.1, 0.15) is 5.52 Å². The van der Waals surface area contributed by atoms with Gasteiger partial charge in [-0.15, -0.1) is 5.10 Å². The zero-order valence-corrected chi connectivity index (χ0v) is 16.7. The van der Waals surface area contributed by atoms with Gasteiger partial charge < -0.3 is 15.4 Å². The predicted octanol–water partition coefficient (Wildman–Crippen LogP) is 2.77. The smallest absolute Gasteiger partial charge is 0.275 e. The number of fused-ring (bicyclic) bond motifs is 1. The van der Waals surface area contributed by atoms with Crippen LogP contribution in [0.5, 0.6) is 0 Å². The van der Waals surface area contributed by atoms with E-state index in [4.69, 9.17) is 0 Å². The Balaban J connectivity index is 1.66. The first-order valence-corrected chi connectivity index (χ1v) is 9.63. The Morgan fingerprint density at radius 1 is 1.13 bits per heavy atom. The van der Waals surface area contributed by atoms with E-state index in [1.54, 1.807) is 0 Å². The quantitative estimate of drug-likeness (QED) is 0.478. The Hall–Kier alpha value is -3.71. The molecule has 0 saturated carbocycles. The summed E-state index contributed by atoms with van der Waals surface area (Å²) in [6, 6.07) is 16.0. The van der Waals surface area contributed by atoms with Crippen molar-refractivity contribution in [1.82, 2.24) is 19.9 Å². The van der Waals surface area contributed by atoms with E-state index < -0.39 is 11.9 Å². The number of nitrogens with zero attached hydrogens (tertiary/aromatic N) is 2. The maximum Gasteiger partial charge on any atom is 0.275 e. The average Bonchev–Trinajstić information content (AvgIpc) is 3.19. The van der Waals surface area contributed by atoms with E-state index in [0.29, 0.717) is 11.4 Å². The van der Waals surface area contributed by atoms with Crippen LogP contribution in [-0.4, -0.2) is 32.2 Å². The summed E-state index contributed by atoms with van der Waals surface area (Å²) in [5.74, 6) is 0.0335. The largest absolute Gasteiger partial charge is 0.394 e. The molecular weight excluding hydrogens is 380 g/mol. The molecular formula is C23H22N4O3. The topological polar surface area (TPSA) is 99.5 Å². The van der Waals surface area contributed by atoms with Crippen molar-refractivity contribution in [3.63, 3.8) is 0 Å². The minimum Gasteiger partial charge on any atom is -0.394 e. The van der Waals surface area contributed by atoms with Gasteiger partial charge in [-0.3, -0.25) is 9.59 Å². The molecule has 152 valence electrons. The molecule has 7 heteroatoms. The van der Waals surface area contributed by atoms with Crippen molar-refractivity contribution in [2.45, 2.75) is 19.9 Å². The van der Waals surface area contributed by atoms with Gasteiger partial charge in [-0.25, -0.2) is 4.52 Å². The number of hydrogen-bond donors (Lipinski definition) is 3. The fourth-order valence-electron chi connectivity index (χ4n) is 3.31. The number of amides is 1. The molecule has 0 fully saturated rings. The minimum atomic E-state index is -0.543. The lowest BCUT2D eigenvalue weighted by molar-refractivity contribution is 0.0916. The maximum absolute atomic E-state index is 12.7. The molecule has 3 N–H and O–H groups in total. The molecule has 0 spiro atoms. The molecule has 0 aliphatic rings. The van der Waals surface area contributed by atoms with Crippen LogP contribution >= 0.6 is 0 Å². The van der Waals surface area contributed by atoms with E-state index in [-0.39, 0.29) is 17.7 Å². The molecule has 0 saturated heterocycles. The number of aromatic amines is 1. The molecule has 1 amide bonds. The molecule has 0 bridgehead atoms. The van der Waals surface area contributed by atoms with E-state index in [0.717, 1.165) is 22.3 Å². The molecule has 0 unspecified atom stereocenters. The van der Waals surface area contributed by atoms with Crippen molar-refractivity contribution in [2.24, 2.45) is 0 Å². The highest BCUT2D eigenvalue weighted by Gasteiger charge is 2.18. The van der Waals surface area contributed by atoms with E-state index in [1.165, 1.54) is 16.8 Å². The average molecular weight is 402 g/mol. The van der Waals surface area contributed by atoms with Crippen LogP contribution in [0, 0.1) is 13.8 Å². The number of carbonyl (C=O) groups is 1. The van der Waals surface area contributed by atoms with Gasteiger partial charge >= 0.3 is 0 Å². The van der Waals surface area contributed by atoms with Gasteiger partial charge in [0.05, 0.1) is 18.2 Å². The molecule has 1 atom stereocenters. The van der Waals surface area contributed by atoms with E-state index in [1.807, 2.05) is 62.4 Å². The Kier molecular flexibility index (Phi) is 5.20. The first-order chi connectivity index (χ1) is 14.5. The number of aliphatic hydroxyl groups is 1. The van der Waals surface area contributed by atoms with Gasteiger partial charge in [-0.05, 0) is 42.7 Å². The number of aryl methyl sites for hydroxylation is 2. The number of carbonyl (C=O) groups excluding carboxylic acids is 1. The molecule has 2 aromatic heterocycles. The van der Waals surface area contributed by atoms with Crippen molar-refractivity contribution < 1.29 is 9.90 Å². The second-order valence-electron chi connectivity index (χ2n) is 7.28. The number of benzene rings is 2.